The Kier molecular flexibility index (Phi) is 8.88. The van der Waals surface area contributed by atoms with E-state index in [2.05, 4.69) is 19.6 Å². The molecule has 37 heavy (non-hydrogen) atoms. The number of fused-ring (bicyclic) bond motifs is 1. The predicted octanol–water partition coefficient (Wildman–Crippen LogP) is 4.36. The van der Waals surface area contributed by atoms with E-state index in [1.54, 1.807) is 6.07 Å². The third kappa shape index (κ3) is 7.24. The van der Waals surface area contributed by atoms with Crippen molar-refractivity contribution in [3.05, 3.63) is 76.2 Å². The fourth-order valence-electron chi connectivity index (χ4n) is 4.11. The van der Waals surface area contributed by atoms with Gasteiger partial charge in [-0.25, -0.2) is 0 Å². The monoisotopic (exact) mass is 538 g/mol. The number of alkyl halides is 3. The zero-order valence-corrected chi connectivity index (χ0v) is 21.6. The number of amides is 1. The summed E-state index contributed by atoms with van der Waals surface area (Å²) in [5.41, 5.74) is 8.02. The summed E-state index contributed by atoms with van der Waals surface area (Å²) in [5, 5.41) is 2.70. The summed E-state index contributed by atoms with van der Waals surface area (Å²) in [6, 6.07) is 6.84. The number of nitrogens with zero attached hydrogens (tertiary/aromatic N) is 3. The first kappa shape index (κ1) is 28.5. The van der Waals surface area contributed by atoms with Gasteiger partial charge in [-0.2, -0.15) is 17.7 Å². The van der Waals surface area contributed by atoms with Crippen LogP contribution < -0.4 is 11.1 Å². The molecule has 2 atom stereocenters. The van der Waals surface area contributed by atoms with E-state index < -0.39 is 28.0 Å². The molecule has 1 aromatic carbocycles. The summed E-state index contributed by atoms with van der Waals surface area (Å²) < 4.78 is 63.5. The minimum Gasteiger partial charge on any atom is -0.404 e. The molecule has 1 aliphatic rings. The number of hydrogen-bond donors (Lipinski definition) is 3. The van der Waals surface area contributed by atoms with Gasteiger partial charge in [0.2, 0.25) is 0 Å². The Morgan fingerprint density at radius 3 is 2.59 bits per heavy atom. The van der Waals surface area contributed by atoms with Crippen molar-refractivity contribution in [2.45, 2.75) is 46.1 Å². The lowest BCUT2D eigenvalue weighted by Crippen LogP contribution is -2.27. The molecule has 0 spiro atoms. The van der Waals surface area contributed by atoms with E-state index in [9.17, 15) is 26.7 Å². The average Bonchev–Trinajstić information content (AvgIpc) is 3.21. The van der Waals surface area contributed by atoms with Crippen LogP contribution >= 0.6 is 0 Å². The summed E-state index contributed by atoms with van der Waals surface area (Å²) >= 11 is 0. The van der Waals surface area contributed by atoms with Gasteiger partial charge < -0.3 is 11.1 Å². The van der Waals surface area contributed by atoms with E-state index >= 15 is 0 Å². The molecule has 0 saturated carbocycles. The maximum absolute atomic E-state index is 12.9. The minimum absolute atomic E-state index is 0.00379. The summed E-state index contributed by atoms with van der Waals surface area (Å²) in [7, 11) is -3.33. The molecule has 1 aliphatic heterocycles. The quantitative estimate of drug-likeness (QED) is 0.322. The topological polar surface area (TPSA) is 121 Å². The Balaban J connectivity index is 1.71. The van der Waals surface area contributed by atoms with Gasteiger partial charge in [0.1, 0.15) is 0 Å². The van der Waals surface area contributed by atoms with Gasteiger partial charge >= 0.3 is 16.6 Å². The Morgan fingerprint density at radius 1 is 1.35 bits per heavy atom. The number of aromatic nitrogens is 1. The van der Waals surface area contributed by atoms with Gasteiger partial charge in [0, 0.05) is 37.6 Å². The number of hydrogen-bond acceptors (Lipinski definition) is 5. The van der Waals surface area contributed by atoms with Crippen molar-refractivity contribution in [1.82, 2.24) is 15.2 Å². The Bertz CT molecular complexity index is 1230. The molecule has 4 N–H and O–H groups in total. The largest absolute Gasteiger partial charge is 0.416 e. The van der Waals surface area contributed by atoms with Gasteiger partial charge in [-0.1, -0.05) is 26.0 Å². The zero-order chi connectivity index (χ0) is 27.4. The minimum atomic E-state index is -4.38. The predicted molar refractivity (Wildman–Crippen MR) is 137 cm³/mol. The maximum Gasteiger partial charge on any atom is 0.416 e. The standard InChI is InChI=1S/C25H30F3N5O3S/c1-4-37(35,36)32-12-18(10-29)11-31-24(34)19-9-20-15-33(23(16(2)3)22(20)30-13-19)14-17-5-7-21(8-6-17)25(26,27)28/h5-10,12-13,16,23H,4,11,14-15H2,1-3H3,(H3-,29,31,32,34,35,36)/p+1/t23-/m0/s1. The highest BCUT2D eigenvalue weighted by atomic mass is 32.3. The highest BCUT2D eigenvalue weighted by molar-refractivity contribution is 7.96. The van der Waals surface area contributed by atoms with Crippen LogP contribution in [-0.2, 0) is 33.9 Å². The van der Waals surface area contributed by atoms with Crippen molar-refractivity contribution in [3.8, 4) is 0 Å². The van der Waals surface area contributed by atoms with Crippen LogP contribution in [-0.4, -0.2) is 38.9 Å². The number of rotatable bonds is 9. The van der Waals surface area contributed by atoms with Gasteiger partial charge in [-0.15, -0.1) is 0 Å². The van der Waals surface area contributed by atoms with E-state index in [-0.39, 0.29) is 24.3 Å². The normalized spacial score (nSPS) is 18.3. The maximum atomic E-state index is 12.9. The van der Waals surface area contributed by atoms with Crippen molar-refractivity contribution in [1.29, 1.82) is 0 Å². The lowest BCUT2D eigenvalue weighted by Gasteiger charge is -2.27. The second kappa shape index (κ2) is 11.5. The van der Waals surface area contributed by atoms with E-state index in [0.717, 1.165) is 29.0 Å². The molecule has 8 nitrogen and oxygen atoms in total. The lowest BCUT2D eigenvalue weighted by atomic mass is 9.99. The van der Waals surface area contributed by atoms with Crippen LogP contribution in [0.15, 0.2) is 52.7 Å². The van der Waals surface area contributed by atoms with E-state index in [1.807, 2.05) is 13.8 Å². The summed E-state index contributed by atoms with van der Waals surface area (Å²) in [6.07, 6.45) is -0.530. The first-order valence-corrected chi connectivity index (χ1v) is 13.4. The van der Waals surface area contributed by atoms with Crippen molar-refractivity contribution < 1.29 is 26.7 Å². The van der Waals surface area contributed by atoms with Gasteiger partial charge in [0.15, 0.2) is 5.75 Å². The van der Waals surface area contributed by atoms with Gasteiger partial charge in [0.05, 0.1) is 29.1 Å². The highest BCUT2D eigenvalue weighted by Gasteiger charge is 2.35. The van der Waals surface area contributed by atoms with Gasteiger partial charge in [-0.3, -0.25) is 14.7 Å². The molecular weight excluding hydrogens is 507 g/mol. The number of nitrogens with one attached hydrogen (secondary N) is 1. The number of halogens is 3. The van der Waals surface area contributed by atoms with E-state index in [0.29, 0.717) is 24.2 Å². The summed E-state index contributed by atoms with van der Waals surface area (Å²) in [6.45, 7) is 6.57. The summed E-state index contributed by atoms with van der Waals surface area (Å²) in [5.74, 6) is -0.253. The Hall–Kier alpha value is -3.09. The van der Waals surface area contributed by atoms with E-state index in [4.69, 9.17) is 5.73 Å². The molecule has 3 rings (SSSR count). The van der Waals surface area contributed by atoms with Crippen LogP contribution in [0.1, 0.15) is 59.6 Å². The molecule has 2 heterocycles. The average molecular weight is 539 g/mol. The highest BCUT2D eigenvalue weighted by Crippen LogP contribution is 2.39. The van der Waals surface area contributed by atoms with Gasteiger partial charge in [-0.05, 0) is 50.8 Å². The van der Waals surface area contributed by atoms with Crippen LogP contribution in [0.4, 0.5) is 13.2 Å². The van der Waals surface area contributed by atoms with Crippen molar-refractivity contribution in [3.63, 3.8) is 0 Å². The molecule has 12 heteroatoms. The number of benzene rings is 1. The van der Waals surface area contributed by atoms with Crippen LogP contribution in [0.2, 0.25) is 0 Å². The van der Waals surface area contributed by atoms with Crippen LogP contribution in [0.5, 0.6) is 0 Å². The fraction of sp³-hybridized carbons (Fsp3) is 0.400. The molecule has 0 fully saturated rings. The third-order valence-corrected chi connectivity index (χ3v) is 7.22. The lowest BCUT2D eigenvalue weighted by molar-refractivity contribution is -0.137. The Labute approximate surface area is 215 Å². The molecule has 0 saturated heterocycles. The number of pyridine rings is 1. The zero-order valence-electron chi connectivity index (χ0n) is 20.8. The SMILES string of the molecule is CC[S+](=O)(O)/N=C/C(=C\N)CNC(=O)c1cnc2c(c1)CN(Cc1ccc(C(F)(F)F)cc1)[C@H]2C(C)C. The Morgan fingerprint density at radius 2 is 2.03 bits per heavy atom. The number of carbonyl (C=O) groups excluding carboxylic acids is 1. The summed E-state index contributed by atoms with van der Waals surface area (Å²) in [4.78, 5) is 19.4. The number of nitrogens with two attached hydrogens (primary N) is 1. The second-order valence-electron chi connectivity index (χ2n) is 9.11. The van der Waals surface area contributed by atoms with Crippen molar-refractivity contribution >= 4 is 22.5 Å². The van der Waals surface area contributed by atoms with Crippen LogP contribution in [0.3, 0.4) is 0 Å². The number of carbonyl (C=O) groups is 1. The van der Waals surface area contributed by atoms with E-state index in [1.165, 1.54) is 37.7 Å². The van der Waals surface area contributed by atoms with Crippen LogP contribution in [0, 0.1) is 5.92 Å². The molecule has 1 amide bonds. The molecular formula is C25H31F3N5O3S+. The molecule has 0 bridgehead atoms. The van der Waals surface area contributed by atoms with Crippen molar-refractivity contribution in [2.75, 3.05) is 12.3 Å². The molecule has 2 aromatic rings. The molecule has 200 valence electrons. The van der Waals surface area contributed by atoms with Crippen molar-refractivity contribution in [2.24, 2.45) is 16.0 Å². The smallest absolute Gasteiger partial charge is 0.404 e. The van der Waals surface area contributed by atoms with Gasteiger partial charge in [0.25, 0.3) is 5.91 Å². The van der Waals surface area contributed by atoms with Crippen LogP contribution in [0.25, 0.3) is 0 Å². The fourth-order valence-corrected chi connectivity index (χ4v) is 4.56. The molecule has 1 aromatic heterocycles. The molecule has 1 unspecified atom stereocenters. The first-order chi connectivity index (χ1) is 17.3. The third-order valence-electron chi connectivity index (χ3n) is 6.04. The molecule has 0 radical (unpaired) electrons. The first-order valence-electron chi connectivity index (χ1n) is 11.7. The molecule has 0 aliphatic carbocycles. The second-order valence-corrected chi connectivity index (χ2v) is 11.1.